The highest BCUT2D eigenvalue weighted by Crippen LogP contribution is 2.22. The average molecular weight is 342 g/mol. The van der Waals surface area contributed by atoms with E-state index in [2.05, 4.69) is 15.6 Å². The van der Waals surface area contributed by atoms with Gasteiger partial charge in [0.25, 0.3) is 5.91 Å². The Hall–Kier alpha value is -2.86. The van der Waals surface area contributed by atoms with Crippen LogP contribution in [0.15, 0.2) is 42.5 Å². The molecular formula is C17H16ClN5O. The zero-order valence-electron chi connectivity index (χ0n) is 13.2. The van der Waals surface area contributed by atoms with E-state index in [1.54, 1.807) is 24.3 Å². The van der Waals surface area contributed by atoms with Crippen LogP contribution < -0.4 is 11.1 Å². The zero-order chi connectivity index (χ0) is 17.3. The minimum Gasteiger partial charge on any atom is -0.382 e. The Bertz CT molecular complexity index is 899. The summed E-state index contributed by atoms with van der Waals surface area (Å²) in [7, 11) is 0. The normalized spacial score (nSPS) is 10.6. The Labute approximate surface area is 144 Å². The molecule has 3 aromatic rings. The second kappa shape index (κ2) is 6.33. The molecular weight excluding hydrogens is 326 g/mol. The molecule has 2 aromatic carbocycles. The first-order valence-corrected chi connectivity index (χ1v) is 7.70. The van der Waals surface area contributed by atoms with E-state index in [1.807, 2.05) is 32.0 Å². The van der Waals surface area contributed by atoms with Gasteiger partial charge in [-0.25, -0.2) is 0 Å². The maximum Gasteiger partial charge on any atom is 0.280 e. The number of rotatable bonds is 3. The molecule has 0 aliphatic heterocycles. The monoisotopic (exact) mass is 341 g/mol. The largest absolute Gasteiger partial charge is 0.382 e. The van der Waals surface area contributed by atoms with Crippen LogP contribution in [-0.2, 0) is 0 Å². The highest BCUT2D eigenvalue weighted by molar-refractivity contribution is 6.30. The van der Waals surface area contributed by atoms with Crippen LogP contribution in [0.4, 0.5) is 11.5 Å². The van der Waals surface area contributed by atoms with Gasteiger partial charge in [0.1, 0.15) is 0 Å². The molecule has 3 rings (SSSR count). The number of amides is 1. The van der Waals surface area contributed by atoms with E-state index in [-0.39, 0.29) is 11.5 Å². The zero-order valence-corrected chi connectivity index (χ0v) is 14.0. The predicted molar refractivity (Wildman–Crippen MR) is 94.7 cm³/mol. The summed E-state index contributed by atoms with van der Waals surface area (Å²) in [5.41, 5.74) is 9.43. The van der Waals surface area contributed by atoms with Crippen LogP contribution in [0, 0.1) is 13.8 Å². The number of aryl methyl sites for hydroxylation is 2. The van der Waals surface area contributed by atoms with E-state index >= 15 is 0 Å². The lowest BCUT2D eigenvalue weighted by Gasteiger charge is -2.10. The SMILES string of the molecule is Cc1cccc(C)c1NC(=O)c1nnn(-c2cccc(Cl)c2)c1N. The van der Waals surface area contributed by atoms with Crippen LogP contribution in [-0.4, -0.2) is 20.9 Å². The summed E-state index contributed by atoms with van der Waals surface area (Å²) in [6.45, 7) is 3.85. The van der Waals surface area contributed by atoms with Crippen LogP contribution >= 0.6 is 11.6 Å². The smallest absolute Gasteiger partial charge is 0.280 e. The number of nitrogens with one attached hydrogen (secondary N) is 1. The lowest BCUT2D eigenvalue weighted by atomic mass is 10.1. The third-order valence-electron chi connectivity index (χ3n) is 3.69. The van der Waals surface area contributed by atoms with Gasteiger partial charge in [0, 0.05) is 10.7 Å². The van der Waals surface area contributed by atoms with Crippen molar-refractivity contribution in [2.45, 2.75) is 13.8 Å². The molecule has 0 atom stereocenters. The van der Waals surface area contributed by atoms with Gasteiger partial charge in [-0.05, 0) is 43.2 Å². The first-order chi connectivity index (χ1) is 11.5. The van der Waals surface area contributed by atoms with Gasteiger partial charge in [0.15, 0.2) is 11.5 Å². The molecule has 0 aliphatic rings. The molecule has 7 heteroatoms. The summed E-state index contributed by atoms with van der Waals surface area (Å²) in [5.74, 6) is -0.251. The summed E-state index contributed by atoms with van der Waals surface area (Å²) in [6, 6.07) is 12.8. The number of halogens is 1. The predicted octanol–water partition coefficient (Wildman–Crippen LogP) is 3.37. The van der Waals surface area contributed by atoms with Crippen molar-refractivity contribution in [1.29, 1.82) is 0 Å². The van der Waals surface area contributed by atoms with Crippen LogP contribution in [0.3, 0.4) is 0 Å². The number of aromatic nitrogens is 3. The Kier molecular flexibility index (Phi) is 4.22. The van der Waals surface area contributed by atoms with Gasteiger partial charge in [-0.3, -0.25) is 4.79 Å². The fourth-order valence-corrected chi connectivity index (χ4v) is 2.62. The molecule has 0 unspecified atom stereocenters. The number of para-hydroxylation sites is 1. The Morgan fingerprint density at radius 3 is 2.50 bits per heavy atom. The van der Waals surface area contributed by atoms with Crippen LogP contribution in [0.25, 0.3) is 5.69 Å². The van der Waals surface area contributed by atoms with Crippen molar-refractivity contribution in [1.82, 2.24) is 15.0 Å². The molecule has 0 radical (unpaired) electrons. The second-order valence-electron chi connectivity index (χ2n) is 5.44. The summed E-state index contributed by atoms with van der Waals surface area (Å²) in [4.78, 5) is 12.5. The fourth-order valence-electron chi connectivity index (χ4n) is 2.43. The van der Waals surface area contributed by atoms with Crippen molar-refractivity contribution in [2.75, 3.05) is 11.1 Å². The highest BCUT2D eigenvalue weighted by Gasteiger charge is 2.19. The van der Waals surface area contributed by atoms with E-state index in [1.165, 1.54) is 4.68 Å². The van der Waals surface area contributed by atoms with Crippen molar-refractivity contribution in [2.24, 2.45) is 0 Å². The third-order valence-corrected chi connectivity index (χ3v) is 3.93. The fraction of sp³-hybridized carbons (Fsp3) is 0.118. The summed E-state index contributed by atoms with van der Waals surface area (Å²) in [6.07, 6.45) is 0. The van der Waals surface area contributed by atoms with Gasteiger partial charge in [-0.1, -0.05) is 41.1 Å². The number of carbonyl (C=O) groups is 1. The molecule has 1 amide bonds. The number of nitrogens with two attached hydrogens (primary N) is 1. The van der Waals surface area contributed by atoms with Crippen LogP contribution in [0.1, 0.15) is 21.6 Å². The third kappa shape index (κ3) is 2.96. The number of anilines is 2. The molecule has 122 valence electrons. The molecule has 24 heavy (non-hydrogen) atoms. The lowest BCUT2D eigenvalue weighted by Crippen LogP contribution is -2.16. The molecule has 6 nitrogen and oxygen atoms in total. The maximum atomic E-state index is 12.5. The van der Waals surface area contributed by atoms with Crippen molar-refractivity contribution in [3.63, 3.8) is 0 Å². The van der Waals surface area contributed by atoms with Gasteiger partial charge in [-0.2, -0.15) is 4.68 Å². The van der Waals surface area contributed by atoms with Gasteiger partial charge in [0.2, 0.25) is 0 Å². The summed E-state index contributed by atoms with van der Waals surface area (Å²) >= 11 is 5.98. The number of hydrogen-bond acceptors (Lipinski definition) is 4. The summed E-state index contributed by atoms with van der Waals surface area (Å²) in [5, 5.41) is 11.3. The minimum absolute atomic E-state index is 0.0672. The standard InChI is InChI=1S/C17H16ClN5O/c1-10-5-3-6-11(2)14(10)20-17(24)15-16(19)23(22-21-15)13-8-4-7-12(18)9-13/h3-9H,19H2,1-2H3,(H,20,24). The Morgan fingerprint density at radius 1 is 1.17 bits per heavy atom. The van der Waals surface area contributed by atoms with E-state index in [0.29, 0.717) is 10.7 Å². The number of nitrogens with zero attached hydrogens (tertiary/aromatic N) is 3. The molecule has 1 aromatic heterocycles. The second-order valence-corrected chi connectivity index (χ2v) is 5.87. The molecule has 0 fully saturated rings. The van der Waals surface area contributed by atoms with Gasteiger partial charge in [-0.15, -0.1) is 5.10 Å². The molecule has 0 saturated carbocycles. The number of hydrogen-bond donors (Lipinski definition) is 2. The van der Waals surface area contributed by atoms with Crippen molar-refractivity contribution >= 4 is 29.0 Å². The van der Waals surface area contributed by atoms with E-state index in [9.17, 15) is 4.79 Å². The van der Waals surface area contributed by atoms with Crippen LogP contribution in [0.5, 0.6) is 0 Å². The quantitative estimate of drug-likeness (QED) is 0.764. The van der Waals surface area contributed by atoms with Crippen LogP contribution in [0.2, 0.25) is 5.02 Å². The molecule has 1 heterocycles. The van der Waals surface area contributed by atoms with Crippen molar-refractivity contribution in [3.05, 3.63) is 64.3 Å². The maximum absolute atomic E-state index is 12.5. The highest BCUT2D eigenvalue weighted by atomic mass is 35.5. The van der Waals surface area contributed by atoms with E-state index in [4.69, 9.17) is 17.3 Å². The Morgan fingerprint density at radius 2 is 1.83 bits per heavy atom. The topological polar surface area (TPSA) is 85.8 Å². The Balaban J connectivity index is 1.92. The van der Waals surface area contributed by atoms with Gasteiger partial charge in [0.05, 0.1) is 5.69 Å². The van der Waals surface area contributed by atoms with Crippen molar-refractivity contribution < 1.29 is 4.79 Å². The molecule has 0 bridgehead atoms. The van der Waals surface area contributed by atoms with Gasteiger partial charge >= 0.3 is 0 Å². The average Bonchev–Trinajstić information content (AvgIpc) is 2.92. The first-order valence-electron chi connectivity index (χ1n) is 7.32. The van der Waals surface area contributed by atoms with Gasteiger partial charge < -0.3 is 11.1 Å². The first kappa shape index (κ1) is 16.0. The van der Waals surface area contributed by atoms with Crippen molar-refractivity contribution in [3.8, 4) is 5.69 Å². The van der Waals surface area contributed by atoms with E-state index < -0.39 is 5.91 Å². The lowest BCUT2D eigenvalue weighted by molar-refractivity contribution is 0.102. The number of benzene rings is 2. The van der Waals surface area contributed by atoms with E-state index in [0.717, 1.165) is 16.8 Å². The molecule has 3 N–H and O–H groups in total. The number of carbonyl (C=O) groups excluding carboxylic acids is 1. The summed E-state index contributed by atoms with van der Waals surface area (Å²) < 4.78 is 1.38. The minimum atomic E-state index is -0.404. The molecule has 0 spiro atoms. The molecule has 0 saturated heterocycles. The number of nitrogen functional groups attached to an aromatic ring is 1. The molecule has 0 aliphatic carbocycles.